The minimum atomic E-state index is -0.621. The van der Waals surface area contributed by atoms with Crippen LogP contribution in [-0.4, -0.2) is 41.9 Å². The van der Waals surface area contributed by atoms with E-state index in [1.165, 1.54) is 18.2 Å². The number of nitro groups is 1. The fourth-order valence-electron chi connectivity index (χ4n) is 1.74. The monoisotopic (exact) mass is 295 g/mol. The number of nitrogens with two attached hydrogens (primary N) is 1. The molecular formula is C13H21N5O3. The van der Waals surface area contributed by atoms with Crippen LogP contribution in [0.2, 0.25) is 0 Å². The van der Waals surface area contributed by atoms with E-state index in [1.807, 2.05) is 20.9 Å². The van der Waals surface area contributed by atoms with E-state index in [-0.39, 0.29) is 16.9 Å². The number of nitrogens with one attached hydrogen (secondary N) is 2. The van der Waals surface area contributed by atoms with Crippen molar-refractivity contribution in [2.75, 3.05) is 25.6 Å². The summed E-state index contributed by atoms with van der Waals surface area (Å²) < 4.78 is 0. The molecule has 0 unspecified atom stereocenters. The van der Waals surface area contributed by atoms with Crippen molar-refractivity contribution in [1.82, 2.24) is 10.2 Å². The Morgan fingerprint density at radius 1 is 1.48 bits per heavy atom. The molecule has 0 saturated heterocycles. The molecule has 1 aromatic carbocycles. The second-order valence-electron chi connectivity index (χ2n) is 4.93. The molecule has 0 heterocycles. The van der Waals surface area contributed by atoms with Crippen LogP contribution in [0.4, 0.5) is 11.4 Å². The molecule has 0 bridgehead atoms. The number of rotatable bonds is 7. The first kappa shape index (κ1) is 16.9. The van der Waals surface area contributed by atoms with Gasteiger partial charge in [0.05, 0.1) is 4.92 Å². The molecule has 1 aromatic rings. The van der Waals surface area contributed by atoms with Crippen molar-refractivity contribution in [3.05, 3.63) is 33.9 Å². The van der Waals surface area contributed by atoms with E-state index < -0.39 is 10.8 Å². The fourth-order valence-corrected chi connectivity index (χ4v) is 1.74. The molecular weight excluding hydrogens is 274 g/mol. The first-order chi connectivity index (χ1) is 9.88. The zero-order chi connectivity index (χ0) is 16.0. The van der Waals surface area contributed by atoms with Gasteiger partial charge in [-0.2, -0.15) is 0 Å². The molecule has 8 nitrogen and oxygen atoms in total. The minimum Gasteiger partial charge on any atom is -0.351 e. The van der Waals surface area contributed by atoms with E-state index in [0.29, 0.717) is 19.1 Å². The molecule has 0 aromatic heterocycles. The maximum atomic E-state index is 12.1. The van der Waals surface area contributed by atoms with E-state index in [1.54, 1.807) is 0 Å². The number of hydrogen-bond donors (Lipinski definition) is 3. The van der Waals surface area contributed by atoms with Crippen molar-refractivity contribution in [2.45, 2.75) is 19.9 Å². The standard InChI is InChI=1S/C13H21N5O3/c1-9(2)17(3)8-7-15-13(19)10-5-4-6-11(16-14)12(10)18(20)21/h4-6,9,16H,7-8,14H2,1-3H3,(H,15,19). The maximum Gasteiger partial charge on any atom is 0.306 e. The number of amides is 1. The first-order valence-corrected chi connectivity index (χ1v) is 6.61. The quantitative estimate of drug-likeness (QED) is 0.392. The topological polar surface area (TPSA) is 114 Å². The lowest BCUT2D eigenvalue weighted by Crippen LogP contribution is -2.36. The van der Waals surface area contributed by atoms with Crippen LogP contribution < -0.4 is 16.6 Å². The van der Waals surface area contributed by atoms with Crippen molar-refractivity contribution in [3.8, 4) is 0 Å². The summed E-state index contributed by atoms with van der Waals surface area (Å²) in [6, 6.07) is 4.75. The van der Waals surface area contributed by atoms with Gasteiger partial charge in [-0.05, 0) is 33.0 Å². The summed E-state index contributed by atoms with van der Waals surface area (Å²) >= 11 is 0. The number of nitrogens with zero attached hydrogens (tertiary/aromatic N) is 2. The summed E-state index contributed by atoms with van der Waals surface area (Å²) in [4.78, 5) is 24.6. The molecule has 0 fully saturated rings. The highest BCUT2D eigenvalue weighted by atomic mass is 16.6. The Balaban J connectivity index is 2.81. The van der Waals surface area contributed by atoms with Gasteiger partial charge in [0.15, 0.2) is 0 Å². The van der Waals surface area contributed by atoms with Crippen LogP contribution in [0, 0.1) is 10.1 Å². The Labute approximate surface area is 123 Å². The summed E-state index contributed by atoms with van der Waals surface area (Å²) in [5.41, 5.74) is 2.00. The Morgan fingerprint density at radius 3 is 2.67 bits per heavy atom. The second kappa shape index (κ2) is 7.55. The smallest absolute Gasteiger partial charge is 0.306 e. The van der Waals surface area contributed by atoms with Crippen LogP contribution in [0.5, 0.6) is 0 Å². The molecule has 1 rings (SSSR count). The van der Waals surface area contributed by atoms with Crippen molar-refractivity contribution in [1.29, 1.82) is 0 Å². The van der Waals surface area contributed by atoms with E-state index in [2.05, 4.69) is 15.6 Å². The summed E-state index contributed by atoms with van der Waals surface area (Å²) in [5.74, 6) is 4.75. The van der Waals surface area contributed by atoms with Crippen LogP contribution >= 0.6 is 0 Å². The van der Waals surface area contributed by atoms with E-state index in [0.717, 1.165) is 0 Å². The zero-order valence-corrected chi connectivity index (χ0v) is 12.4. The summed E-state index contributed by atoms with van der Waals surface area (Å²) in [7, 11) is 1.94. The summed E-state index contributed by atoms with van der Waals surface area (Å²) in [6.45, 7) is 5.16. The number of benzene rings is 1. The second-order valence-corrected chi connectivity index (χ2v) is 4.93. The van der Waals surface area contributed by atoms with Gasteiger partial charge in [0.1, 0.15) is 11.3 Å². The highest BCUT2D eigenvalue weighted by Gasteiger charge is 2.23. The fraction of sp³-hybridized carbons (Fsp3) is 0.462. The van der Waals surface area contributed by atoms with Gasteiger partial charge in [0, 0.05) is 19.1 Å². The maximum absolute atomic E-state index is 12.1. The van der Waals surface area contributed by atoms with E-state index in [9.17, 15) is 14.9 Å². The number of hydrazine groups is 1. The lowest BCUT2D eigenvalue weighted by atomic mass is 10.1. The van der Waals surface area contributed by atoms with Crippen LogP contribution in [0.3, 0.4) is 0 Å². The molecule has 1 amide bonds. The van der Waals surface area contributed by atoms with E-state index in [4.69, 9.17) is 5.84 Å². The number of nitrogen functional groups attached to an aromatic ring is 1. The molecule has 0 atom stereocenters. The van der Waals surface area contributed by atoms with Crippen LogP contribution in [-0.2, 0) is 0 Å². The van der Waals surface area contributed by atoms with Crippen molar-refractivity contribution in [3.63, 3.8) is 0 Å². The van der Waals surface area contributed by atoms with Gasteiger partial charge in [-0.15, -0.1) is 0 Å². The lowest BCUT2D eigenvalue weighted by molar-refractivity contribution is -0.384. The number of para-hydroxylation sites is 1. The number of anilines is 1. The first-order valence-electron chi connectivity index (χ1n) is 6.61. The number of nitro benzene ring substituents is 1. The molecule has 8 heteroatoms. The van der Waals surface area contributed by atoms with Crippen LogP contribution in [0.15, 0.2) is 18.2 Å². The summed E-state index contributed by atoms with van der Waals surface area (Å²) in [5, 5.41) is 13.8. The van der Waals surface area contributed by atoms with Crippen LogP contribution in [0.25, 0.3) is 0 Å². The third kappa shape index (κ3) is 4.40. The predicted molar refractivity (Wildman–Crippen MR) is 81.0 cm³/mol. The predicted octanol–water partition coefficient (Wildman–Crippen LogP) is 0.950. The lowest BCUT2D eigenvalue weighted by Gasteiger charge is -2.20. The van der Waals surface area contributed by atoms with Crippen molar-refractivity contribution in [2.24, 2.45) is 5.84 Å². The highest BCUT2D eigenvalue weighted by molar-refractivity contribution is 6.00. The number of hydrogen-bond acceptors (Lipinski definition) is 6. The van der Waals surface area contributed by atoms with Gasteiger partial charge >= 0.3 is 5.69 Å². The van der Waals surface area contributed by atoms with E-state index >= 15 is 0 Å². The van der Waals surface area contributed by atoms with Gasteiger partial charge in [0.25, 0.3) is 5.91 Å². The molecule has 21 heavy (non-hydrogen) atoms. The number of likely N-dealkylation sites (N-methyl/N-ethyl adjacent to an activating group) is 1. The van der Waals surface area contributed by atoms with Gasteiger partial charge in [-0.3, -0.25) is 20.8 Å². The molecule has 0 aliphatic rings. The number of carbonyl (C=O) groups is 1. The normalized spacial score (nSPS) is 10.8. The zero-order valence-electron chi connectivity index (χ0n) is 12.4. The molecule has 0 aliphatic carbocycles. The van der Waals surface area contributed by atoms with Crippen molar-refractivity contribution < 1.29 is 9.72 Å². The average Bonchev–Trinajstić information content (AvgIpc) is 2.45. The largest absolute Gasteiger partial charge is 0.351 e. The molecule has 0 saturated carbocycles. The van der Waals surface area contributed by atoms with Crippen LogP contribution in [0.1, 0.15) is 24.2 Å². The Hall–Kier alpha value is -2.19. The van der Waals surface area contributed by atoms with Gasteiger partial charge in [0.2, 0.25) is 0 Å². The van der Waals surface area contributed by atoms with Gasteiger partial charge in [-0.1, -0.05) is 6.07 Å². The molecule has 0 spiro atoms. The van der Waals surface area contributed by atoms with Crippen molar-refractivity contribution >= 4 is 17.3 Å². The van der Waals surface area contributed by atoms with Gasteiger partial charge < -0.3 is 15.6 Å². The summed E-state index contributed by atoms with van der Waals surface area (Å²) in [6.07, 6.45) is 0. The third-order valence-electron chi connectivity index (χ3n) is 3.25. The molecule has 116 valence electrons. The minimum absolute atomic E-state index is 0.0114. The van der Waals surface area contributed by atoms with Gasteiger partial charge in [-0.25, -0.2) is 0 Å². The Kier molecular flexibility index (Phi) is 6.07. The molecule has 0 aliphatic heterocycles. The Morgan fingerprint density at radius 2 is 2.14 bits per heavy atom. The third-order valence-corrected chi connectivity index (χ3v) is 3.25. The molecule has 0 radical (unpaired) electrons. The average molecular weight is 295 g/mol. The Bertz CT molecular complexity index is 519. The highest BCUT2D eigenvalue weighted by Crippen LogP contribution is 2.27. The number of carbonyl (C=O) groups excluding carboxylic acids is 1. The SMILES string of the molecule is CC(C)N(C)CCNC(=O)c1cccc(NN)c1[N+](=O)[O-]. The molecule has 4 N–H and O–H groups in total.